The molecule has 0 atom stereocenters. The number of hydrogen-bond acceptors (Lipinski definition) is 4. The summed E-state index contributed by atoms with van der Waals surface area (Å²) in [5, 5.41) is 0. The third-order valence-corrected chi connectivity index (χ3v) is 4.25. The van der Waals surface area contributed by atoms with Crippen LogP contribution in [0.1, 0.15) is 59.2 Å². The van der Waals surface area contributed by atoms with Gasteiger partial charge in [-0.25, -0.2) is 9.59 Å². The van der Waals surface area contributed by atoms with E-state index in [1.807, 2.05) is 48.6 Å². The molecule has 0 saturated carbocycles. The molecule has 0 unspecified atom stereocenters. The van der Waals surface area contributed by atoms with E-state index in [4.69, 9.17) is 9.47 Å². The highest BCUT2D eigenvalue weighted by molar-refractivity contribution is 5.89. The van der Waals surface area contributed by atoms with Crippen molar-refractivity contribution < 1.29 is 19.1 Å². The van der Waals surface area contributed by atoms with Gasteiger partial charge in [-0.3, -0.25) is 0 Å². The van der Waals surface area contributed by atoms with Crippen molar-refractivity contribution >= 4 is 11.9 Å². The predicted octanol–water partition coefficient (Wildman–Crippen LogP) is 5.60. The summed E-state index contributed by atoms with van der Waals surface area (Å²) in [4.78, 5) is 23.5. The van der Waals surface area contributed by atoms with Gasteiger partial charge in [0.05, 0.1) is 24.3 Å². The smallest absolute Gasteiger partial charge is 0.338 e. The highest BCUT2D eigenvalue weighted by Gasteiger charge is 2.05. The van der Waals surface area contributed by atoms with Gasteiger partial charge in [-0.1, -0.05) is 54.3 Å². The van der Waals surface area contributed by atoms with Crippen molar-refractivity contribution in [2.24, 2.45) is 0 Å². The van der Waals surface area contributed by atoms with Crippen LogP contribution in [-0.2, 0) is 9.47 Å². The lowest BCUT2D eigenvalue weighted by atomic mass is 10.2. The fourth-order valence-electron chi connectivity index (χ4n) is 2.60. The van der Waals surface area contributed by atoms with Crippen molar-refractivity contribution in [1.29, 1.82) is 0 Å². The fraction of sp³-hybridized carbons (Fsp3) is 0.308. The molecule has 4 nitrogen and oxygen atoms in total. The summed E-state index contributed by atoms with van der Waals surface area (Å²) in [5.74, 6) is 5.56. The topological polar surface area (TPSA) is 52.6 Å². The molecule has 0 radical (unpaired) electrons. The summed E-state index contributed by atoms with van der Waals surface area (Å²) < 4.78 is 10.5. The second-order valence-electron chi connectivity index (χ2n) is 6.68. The summed E-state index contributed by atoms with van der Waals surface area (Å²) in [6.45, 7) is 0.849. The molecule has 2 aromatic rings. The minimum absolute atomic E-state index is 0.271. The number of carbonyl (C=O) groups is 2. The molecule has 0 aromatic heterocycles. The van der Waals surface area contributed by atoms with Crippen molar-refractivity contribution in [1.82, 2.24) is 0 Å². The second-order valence-corrected chi connectivity index (χ2v) is 6.68. The SMILES string of the molecule is O=C(OCCCCC#C/C=C/CCCCOC(=O)c1ccccc1)c1ccccc1. The molecule has 156 valence electrons. The minimum atomic E-state index is -0.278. The molecule has 2 aromatic carbocycles. The van der Waals surface area contributed by atoms with Crippen LogP contribution in [0.2, 0.25) is 0 Å². The maximum absolute atomic E-state index is 11.8. The Morgan fingerprint density at radius 3 is 1.83 bits per heavy atom. The molecule has 0 aliphatic carbocycles. The van der Waals surface area contributed by atoms with E-state index < -0.39 is 0 Å². The molecule has 0 heterocycles. The first kappa shape index (κ1) is 23.0. The molecule has 4 heteroatoms. The number of carbonyl (C=O) groups excluding carboxylic acids is 2. The Labute approximate surface area is 178 Å². The third-order valence-electron chi connectivity index (χ3n) is 4.25. The zero-order valence-electron chi connectivity index (χ0n) is 17.2. The number of benzene rings is 2. The van der Waals surface area contributed by atoms with Crippen LogP contribution in [0.4, 0.5) is 0 Å². The van der Waals surface area contributed by atoms with Gasteiger partial charge in [-0.15, -0.1) is 0 Å². The zero-order valence-corrected chi connectivity index (χ0v) is 17.2. The first-order valence-electron chi connectivity index (χ1n) is 10.3. The number of rotatable bonds is 11. The van der Waals surface area contributed by atoms with Crippen LogP contribution in [0.15, 0.2) is 72.8 Å². The Bertz CT molecular complexity index is 845. The lowest BCUT2D eigenvalue weighted by molar-refractivity contribution is 0.0489. The van der Waals surface area contributed by atoms with Gasteiger partial charge >= 0.3 is 11.9 Å². The van der Waals surface area contributed by atoms with Gasteiger partial charge in [0.15, 0.2) is 0 Å². The number of allylic oxidation sites excluding steroid dienone is 2. The van der Waals surface area contributed by atoms with Crippen molar-refractivity contribution in [2.75, 3.05) is 13.2 Å². The van der Waals surface area contributed by atoms with Crippen molar-refractivity contribution in [3.05, 3.63) is 83.9 Å². The molecule has 0 spiro atoms. The molecular formula is C26H28O4. The van der Waals surface area contributed by atoms with E-state index in [0.717, 1.165) is 38.5 Å². The van der Waals surface area contributed by atoms with E-state index in [1.165, 1.54) is 0 Å². The highest BCUT2D eigenvalue weighted by Crippen LogP contribution is 2.04. The van der Waals surface area contributed by atoms with Crippen molar-refractivity contribution in [3.63, 3.8) is 0 Å². The maximum Gasteiger partial charge on any atom is 0.338 e. The van der Waals surface area contributed by atoms with E-state index in [9.17, 15) is 9.59 Å². The molecule has 0 saturated heterocycles. The number of ether oxygens (including phenoxy) is 2. The van der Waals surface area contributed by atoms with E-state index >= 15 is 0 Å². The van der Waals surface area contributed by atoms with Crippen LogP contribution in [0.25, 0.3) is 0 Å². The summed E-state index contributed by atoms with van der Waals surface area (Å²) in [7, 11) is 0. The van der Waals surface area contributed by atoms with Crippen LogP contribution in [0.3, 0.4) is 0 Å². The maximum atomic E-state index is 11.8. The molecule has 0 N–H and O–H groups in total. The van der Waals surface area contributed by atoms with Gasteiger partial charge < -0.3 is 9.47 Å². The summed E-state index contributed by atoms with van der Waals surface area (Å²) in [6.07, 6.45) is 9.08. The van der Waals surface area contributed by atoms with Crippen LogP contribution < -0.4 is 0 Å². The number of hydrogen-bond donors (Lipinski definition) is 0. The summed E-state index contributed by atoms with van der Waals surface area (Å²) >= 11 is 0. The van der Waals surface area contributed by atoms with Crippen LogP contribution >= 0.6 is 0 Å². The van der Waals surface area contributed by atoms with Crippen molar-refractivity contribution in [3.8, 4) is 11.8 Å². The predicted molar refractivity (Wildman–Crippen MR) is 118 cm³/mol. The second kappa shape index (κ2) is 14.6. The molecule has 30 heavy (non-hydrogen) atoms. The fourth-order valence-corrected chi connectivity index (χ4v) is 2.60. The largest absolute Gasteiger partial charge is 0.462 e. The number of unbranched alkanes of at least 4 members (excludes halogenated alkanes) is 4. The molecule has 0 aliphatic heterocycles. The first-order valence-corrected chi connectivity index (χ1v) is 10.3. The van der Waals surface area contributed by atoms with Crippen LogP contribution in [-0.4, -0.2) is 25.2 Å². The molecular weight excluding hydrogens is 376 g/mol. The van der Waals surface area contributed by atoms with E-state index in [0.29, 0.717) is 24.3 Å². The third kappa shape index (κ3) is 9.75. The zero-order chi connectivity index (χ0) is 21.3. The quantitative estimate of drug-likeness (QED) is 0.278. The van der Waals surface area contributed by atoms with Crippen LogP contribution in [0.5, 0.6) is 0 Å². The normalized spacial score (nSPS) is 10.3. The van der Waals surface area contributed by atoms with Gasteiger partial charge in [0, 0.05) is 6.42 Å². The van der Waals surface area contributed by atoms with Gasteiger partial charge in [-0.2, -0.15) is 0 Å². The van der Waals surface area contributed by atoms with Crippen molar-refractivity contribution in [2.45, 2.75) is 38.5 Å². The molecule has 0 aliphatic rings. The van der Waals surface area contributed by atoms with E-state index in [-0.39, 0.29) is 11.9 Å². The average molecular weight is 405 g/mol. The minimum Gasteiger partial charge on any atom is -0.462 e. The molecule has 2 rings (SSSR count). The standard InChI is InChI=1S/C26H28O4/c27-25(23-17-11-9-12-18-23)29-21-15-7-5-3-1-2-4-6-8-16-22-30-26(28)24-19-13-10-14-20-24/h1,3,9-14,17-20H,5-8,15-16,21-22H2/b3-1+. The summed E-state index contributed by atoms with van der Waals surface area (Å²) in [5.41, 5.74) is 1.17. The Hall–Kier alpha value is -3.32. The van der Waals surface area contributed by atoms with Crippen LogP contribution in [0, 0.1) is 11.8 Å². The monoisotopic (exact) mass is 404 g/mol. The molecule has 0 bridgehead atoms. The lowest BCUT2D eigenvalue weighted by Crippen LogP contribution is -2.05. The van der Waals surface area contributed by atoms with E-state index in [1.54, 1.807) is 24.3 Å². The Kier molecular flexibility index (Phi) is 11.2. The highest BCUT2D eigenvalue weighted by atomic mass is 16.5. The first-order chi connectivity index (χ1) is 14.8. The molecule has 0 fully saturated rings. The number of esters is 2. The Morgan fingerprint density at radius 1 is 0.733 bits per heavy atom. The van der Waals surface area contributed by atoms with Gasteiger partial charge in [0.25, 0.3) is 0 Å². The summed E-state index contributed by atoms with van der Waals surface area (Å²) in [6, 6.07) is 18.0. The Balaban J connectivity index is 1.42. The lowest BCUT2D eigenvalue weighted by Gasteiger charge is -2.03. The van der Waals surface area contributed by atoms with Gasteiger partial charge in [0.2, 0.25) is 0 Å². The Morgan fingerprint density at radius 2 is 1.27 bits per heavy atom. The van der Waals surface area contributed by atoms with E-state index in [2.05, 4.69) is 11.8 Å². The van der Waals surface area contributed by atoms with Gasteiger partial charge in [-0.05, 0) is 62.4 Å². The molecule has 0 amide bonds. The van der Waals surface area contributed by atoms with Gasteiger partial charge in [0.1, 0.15) is 0 Å². The average Bonchev–Trinajstić information content (AvgIpc) is 2.80.